The summed E-state index contributed by atoms with van der Waals surface area (Å²) in [7, 11) is -2.21. The van der Waals surface area contributed by atoms with Gasteiger partial charge < -0.3 is 9.73 Å². The van der Waals surface area contributed by atoms with E-state index in [1.165, 1.54) is 18.2 Å². The normalized spacial score (nSPS) is 11.6. The summed E-state index contributed by atoms with van der Waals surface area (Å²) >= 11 is 0. The number of sulfonamides is 1. The molecule has 7 heteroatoms. The van der Waals surface area contributed by atoms with Gasteiger partial charge in [0.25, 0.3) is 10.0 Å². The molecule has 0 unspecified atom stereocenters. The number of halogens is 1. The van der Waals surface area contributed by atoms with E-state index in [9.17, 15) is 12.8 Å². The van der Waals surface area contributed by atoms with Crippen LogP contribution in [0, 0.1) is 12.7 Å². The minimum absolute atomic E-state index is 0.109. The summed E-state index contributed by atoms with van der Waals surface area (Å²) in [4.78, 5) is 0. The van der Waals surface area contributed by atoms with Crippen LogP contribution >= 0.6 is 0 Å². The van der Waals surface area contributed by atoms with Gasteiger partial charge in [-0.1, -0.05) is 6.07 Å². The van der Waals surface area contributed by atoms with Gasteiger partial charge in [-0.25, -0.2) is 4.39 Å². The van der Waals surface area contributed by atoms with Gasteiger partial charge in [0.1, 0.15) is 11.6 Å². The van der Waals surface area contributed by atoms with Gasteiger partial charge in [0.15, 0.2) is 0 Å². The van der Waals surface area contributed by atoms with Gasteiger partial charge in [-0.05, 0) is 43.8 Å². The topological polar surface area (TPSA) is 71.3 Å². The second-order valence-corrected chi connectivity index (χ2v) is 5.95. The largest absolute Gasteiger partial charge is 0.446 e. The van der Waals surface area contributed by atoms with Gasteiger partial charge in [-0.2, -0.15) is 8.42 Å². The van der Waals surface area contributed by atoms with Crippen molar-refractivity contribution in [3.05, 3.63) is 47.5 Å². The first-order valence-electron chi connectivity index (χ1n) is 5.94. The van der Waals surface area contributed by atoms with E-state index < -0.39 is 15.8 Å². The third-order valence-corrected chi connectivity index (χ3v) is 3.86. The molecule has 0 spiro atoms. The fraction of sp³-hybridized carbons (Fsp3) is 0.231. The summed E-state index contributed by atoms with van der Waals surface area (Å²) in [5.41, 5.74) is 0.599. The van der Waals surface area contributed by atoms with Crippen LogP contribution < -0.4 is 10.0 Å². The Morgan fingerprint density at radius 1 is 1.25 bits per heavy atom. The number of anilines is 1. The van der Waals surface area contributed by atoms with Crippen molar-refractivity contribution in [2.45, 2.75) is 18.6 Å². The first kappa shape index (κ1) is 14.5. The van der Waals surface area contributed by atoms with E-state index in [2.05, 4.69) is 10.0 Å². The van der Waals surface area contributed by atoms with Crippen molar-refractivity contribution in [1.29, 1.82) is 0 Å². The molecule has 0 saturated heterocycles. The molecule has 20 heavy (non-hydrogen) atoms. The Hall–Kier alpha value is -1.86. The Morgan fingerprint density at radius 2 is 2.00 bits per heavy atom. The standard InChI is InChI=1S/C13H15FN2O3S/c1-9-3-5-12(11(14)7-9)16-20(17,18)13-6-4-10(19-13)8-15-2/h3-7,15-16H,8H2,1-2H3. The third kappa shape index (κ3) is 3.17. The summed E-state index contributed by atoms with van der Waals surface area (Å²) < 4.78 is 45.1. The molecule has 5 nitrogen and oxygen atoms in total. The van der Waals surface area contributed by atoms with E-state index in [4.69, 9.17) is 4.42 Å². The molecule has 108 valence electrons. The van der Waals surface area contributed by atoms with Crippen molar-refractivity contribution in [2.75, 3.05) is 11.8 Å². The Bertz CT molecular complexity index is 710. The molecule has 2 rings (SSSR count). The molecule has 0 amide bonds. The predicted molar refractivity (Wildman–Crippen MR) is 73.4 cm³/mol. The fourth-order valence-corrected chi connectivity index (χ4v) is 2.69. The zero-order valence-corrected chi connectivity index (χ0v) is 11.9. The predicted octanol–water partition coefficient (Wildman–Crippen LogP) is 2.25. The molecule has 0 saturated carbocycles. The number of nitrogens with one attached hydrogen (secondary N) is 2. The Morgan fingerprint density at radius 3 is 2.65 bits per heavy atom. The van der Waals surface area contributed by atoms with Gasteiger partial charge in [-0.3, -0.25) is 4.72 Å². The molecule has 1 heterocycles. The molecule has 1 aromatic carbocycles. The highest BCUT2D eigenvalue weighted by molar-refractivity contribution is 7.92. The van der Waals surface area contributed by atoms with Crippen LogP contribution in [0.4, 0.5) is 10.1 Å². The van der Waals surface area contributed by atoms with Crippen LogP contribution in [0.2, 0.25) is 0 Å². The molecule has 2 aromatic rings. The first-order valence-corrected chi connectivity index (χ1v) is 7.43. The van der Waals surface area contributed by atoms with Crippen molar-refractivity contribution in [1.82, 2.24) is 5.32 Å². The zero-order valence-electron chi connectivity index (χ0n) is 11.1. The number of hydrogen-bond acceptors (Lipinski definition) is 4. The molecule has 0 aliphatic rings. The highest BCUT2D eigenvalue weighted by Gasteiger charge is 2.20. The lowest BCUT2D eigenvalue weighted by atomic mass is 10.2. The van der Waals surface area contributed by atoms with E-state index in [0.717, 1.165) is 0 Å². The maximum absolute atomic E-state index is 13.7. The molecule has 0 fully saturated rings. The summed E-state index contributed by atoms with van der Waals surface area (Å²) in [6.45, 7) is 2.13. The quantitative estimate of drug-likeness (QED) is 0.888. The summed E-state index contributed by atoms with van der Waals surface area (Å²) in [6, 6.07) is 7.14. The summed E-state index contributed by atoms with van der Waals surface area (Å²) in [5, 5.41) is 2.60. The molecule has 0 aliphatic carbocycles. The Kier molecular flexibility index (Phi) is 4.10. The van der Waals surface area contributed by atoms with Crippen molar-refractivity contribution >= 4 is 15.7 Å². The van der Waals surface area contributed by atoms with E-state index in [-0.39, 0.29) is 10.8 Å². The van der Waals surface area contributed by atoms with Gasteiger partial charge >= 0.3 is 0 Å². The van der Waals surface area contributed by atoms with Crippen molar-refractivity contribution in [3.63, 3.8) is 0 Å². The van der Waals surface area contributed by atoms with Crippen LogP contribution in [0.1, 0.15) is 11.3 Å². The van der Waals surface area contributed by atoms with Gasteiger partial charge in [0.05, 0.1) is 12.2 Å². The smallest absolute Gasteiger partial charge is 0.295 e. The van der Waals surface area contributed by atoms with Crippen molar-refractivity contribution in [2.24, 2.45) is 0 Å². The Balaban J connectivity index is 2.26. The van der Waals surface area contributed by atoms with Gasteiger partial charge in [0.2, 0.25) is 5.09 Å². The van der Waals surface area contributed by atoms with Crippen LogP contribution in [0.25, 0.3) is 0 Å². The lowest BCUT2D eigenvalue weighted by Gasteiger charge is -2.07. The zero-order chi connectivity index (χ0) is 14.8. The minimum Gasteiger partial charge on any atom is -0.446 e. The molecular weight excluding hydrogens is 283 g/mol. The van der Waals surface area contributed by atoms with E-state index in [1.54, 1.807) is 26.1 Å². The highest BCUT2D eigenvalue weighted by Crippen LogP contribution is 2.21. The van der Waals surface area contributed by atoms with Gasteiger partial charge in [0, 0.05) is 0 Å². The molecule has 0 radical (unpaired) electrons. The second-order valence-electron chi connectivity index (χ2n) is 4.34. The third-order valence-electron chi connectivity index (χ3n) is 2.62. The number of aryl methyl sites for hydroxylation is 1. The first-order chi connectivity index (χ1) is 9.42. The van der Waals surface area contributed by atoms with Crippen LogP contribution in [0.5, 0.6) is 0 Å². The lowest BCUT2D eigenvalue weighted by Crippen LogP contribution is -2.13. The van der Waals surface area contributed by atoms with E-state index in [1.807, 2.05) is 0 Å². The molecule has 0 bridgehead atoms. The SMILES string of the molecule is CNCc1ccc(S(=O)(=O)Nc2ccc(C)cc2F)o1. The summed E-state index contributed by atoms with van der Waals surface area (Å²) in [5.74, 6) is -0.146. The van der Waals surface area contributed by atoms with Crippen LogP contribution in [0.3, 0.4) is 0 Å². The summed E-state index contributed by atoms with van der Waals surface area (Å²) in [6.07, 6.45) is 0. The van der Waals surface area contributed by atoms with Crippen molar-refractivity contribution in [3.8, 4) is 0 Å². The minimum atomic E-state index is -3.93. The van der Waals surface area contributed by atoms with E-state index in [0.29, 0.717) is 17.9 Å². The number of rotatable bonds is 5. The molecule has 2 N–H and O–H groups in total. The number of furan rings is 1. The van der Waals surface area contributed by atoms with Crippen molar-refractivity contribution < 1.29 is 17.2 Å². The number of benzene rings is 1. The average Bonchev–Trinajstić information content (AvgIpc) is 2.83. The van der Waals surface area contributed by atoms with Crippen LogP contribution in [-0.4, -0.2) is 15.5 Å². The monoisotopic (exact) mass is 298 g/mol. The van der Waals surface area contributed by atoms with Gasteiger partial charge in [-0.15, -0.1) is 0 Å². The molecular formula is C13H15FN2O3S. The molecule has 0 atom stereocenters. The maximum Gasteiger partial charge on any atom is 0.295 e. The highest BCUT2D eigenvalue weighted by atomic mass is 32.2. The lowest BCUT2D eigenvalue weighted by molar-refractivity contribution is 0.408. The average molecular weight is 298 g/mol. The van der Waals surface area contributed by atoms with E-state index >= 15 is 0 Å². The maximum atomic E-state index is 13.7. The van der Waals surface area contributed by atoms with Crippen LogP contribution in [-0.2, 0) is 16.6 Å². The fourth-order valence-electron chi connectivity index (χ4n) is 1.67. The molecule has 1 aromatic heterocycles. The second kappa shape index (κ2) is 5.64. The molecule has 0 aliphatic heterocycles. The van der Waals surface area contributed by atoms with Crippen LogP contribution in [0.15, 0.2) is 39.8 Å². The Labute approximate surface area is 116 Å². The number of hydrogen-bond donors (Lipinski definition) is 2.